The predicted molar refractivity (Wildman–Crippen MR) is 71.9 cm³/mol. The van der Waals surface area contributed by atoms with E-state index in [-0.39, 0.29) is 0 Å². The summed E-state index contributed by atoms with van der Waals surface area (Å²) >= 11 is 2.03. The number of hydrogen-bond donors (Lipinski definition) is 2. The second-order valence-corrected chi connectivity index (χ2v) is 4.78. The summed E-state index contributed by atoms with van der Waals surface area (Å²) in [5, 5.41) is 8.70. The maximum atomic E-state index is 12.0. The number of carbonyl (C=O) groups is 3. The summed E-state index contributed by atoms with van der Waals surface area (Å²) in [4.78, 5) is 34.4. The summed E-state index contributed by atoms with van der Waals surface area (Å²) in [6.45, 7) is -0.982. The average Bonchev–Trinajstić information content (AvgIpc) is 2.26. The van der Waals surface area contributed by atoms with Crippen LogP contribution in [0.5, 0.6) is 0 Å². The zero-order chi connectivity index (χ0) is 13.7. The second kappa shape index (κ2) is 6.34. The van der Waals surface area contributed by atoms with Gasteiger partial charge in [0, 0.05) is 9.13 Å². The summed E-state index contributed by atoms with van der Waals surface area (Å²) in [6, 6.07) is 6.64. The molecule has 1 aromatic rings. The Balaban J connectivity index is 2.94. The highest BCUT2D eigenvalue weighted by atomic mass is 127. The number of hydrogen-bond acceptors (Lipinski definition) is 3. The van der Waals surface area contributed by atoms with Gasteiger partial charge >= 0.3 is 5.97 Å². The minimum atomic E-state index is -1.20. The molecule has 0 radical (unpaired) electrons. The Bertz CT molecular complexity index is 474. The minimum absolute atomic E-state index is 0.324. The molecule has 0 unspecified atom stereocenters. The number of rotatable bonds is 5. The molecular weight excluding hydrogens is 351 g/mol. The van der Waals surface area contributed by atoms with Gasteiger partial charge in [0.25, 0.3) is 5.91 Å². The number of carboxylic acid groups (broad SMARTS) is 1. The van der Waals surface area contributed by atoms with E-state index in [1.807, 2.05) is 22.6 Å². The van der Waals surface area contributed by atoms with E-state index in [0.29, 0.717) is 5.56 Å². The van der Waals surface area contributed by atoms with Gasteiger partial charge in [0.15, 0.2) is 0 Å². The van der Waals surface area contributed by atoms with Crippen LogP contribution in [0, 0.1) is 3.57 Å². The highest BCUT2D eigenvalue weighted by Crippen LogP contribution is 2.10. The van der Waals surface area contributed by atoms with Crippen LogP contribution in [0.25, 0.3) is 0 Å². The molecule has 0 saturated heterocycles. The van der Waals surface area contributed by atoms with E-state index in [0.717, 1.165) is 8.47 Å². The SMILES string of the molecule is NC(=O)CN(CC(=O)O)C(=O)c1cccc(I)c1. The van der Waals surface area contributed by atoms with Crippen LogP contribution < -0.4 is 5.73 Å². The lowest BCUT2D eigenvalue weighted by Crippen LogP contribution is -2.41. The molecule has 1 rings (SSSR count). The van der Waals surface area contributed by atoms with Gasteiger partial charge in [-0.2, -0.15) is 0 Å². The summed E-state index contributed by atoms with van der Waals surface area (Å²) in [7, 11) is 0. The lowest BCUT2D eigenvalue weighted by molar-refractivity contribution is -0.138. The van der Waals surface area contributed by atoms with Gasteiger partial charge < -0.3 is 15.7 Å². The maximum Gasteiger partial charge on any atom is 0.323 e. The zero-order valence-electron chi connectivity index (χ0n) is 9.30. The van der Waals surface area contributed by atoms with E-state index in [2.05, 4.69) is 0 Å². The first-order chi connectivity index (χ1) is 8.40. The molecule has 0 fully saturated rings. The zero-order valence-corrected chi connectivity index (χ0v) is 11.5. The third-order valence-corrected chi connectivity index (χ3v) is 2.70. The molecule has 0 aliphatic rings. The van der Waals surface area contributed by atoms with E-state index in [1.165, 1.54) is 0 Å². The van der Waals surface area contributed by atoms with Gasteiger partial charge in [-0.25, -0.2) is 0 Å². The van der Waals surface area contributed by atoms with Crippen LogP contribution in [-0.4, -0.2) is 40.9 Å². The van der Waals surface area contributed by atoms with Crippen molar-refractivity contribution in [3.05, 3.63) is 33.4 Å². The first-order valence-electron chi connectivity index (χ1n) is 4.95. The molecule has 0 bridgehead atoms. The molecule has 18 heavy (non-hydrogen) atoms. The molecular formula is C11H11IN2O4. The normalized spacial score (nSPS) is 9.83. The van der Waals surface area contributed by atoms with Gasteiger partial charge in [0.05, 0.1) is 0 Å². The smallest absolute Gasteiger partial charge is 0.323 e. The van der Waals surface area contributed by atoms with Gasteiger partial charge in [-0.3, -0.25) is 14.4 Å². The third kappa shape index (κ3) is 4.32. The standard InChI is InChI=1S/C11H11IN2O4/c12-8-3-1-2-7(4-8)11(18)14(5-9(13)15)6-10(16)17/h1-4H,5-6H2,(H2,13,15)(H,16,17). The van der Waals surface area contributed by atoms with Crippen LogP contribution in [0.15, 0.2) is 24.3 Å². The highest BCUT2D eigenvalue weighted by Gasteiger charge is 2.20. The third-order valence-electron chi connectivity index (χ3n) is 2.03. The lowest BCUT2D eigenvalue weighted by Gasteiger charge is -2.18. The topological polar surface area (TPSA) is 101 Å². The van der Waals surface area contributed by atoms with E-state index < -0.39 is 30.9 Å². The summed E-state index contributed by atoms with van der Waals surface area (Å²) in [6.07, 6.45) is 0. The molecule has 0 aliphatic heterocycles. The Hall–Kier alpha value is -1.64. The monoisotopic (exact) mass is 362 g/mol. The highest BCUT2D eigenvalue weighted by molar-refractivity contribution is 14.1. The average molecular weight is 362 g/mol. The molecule has 3 N–H and O–H groups in total. The minimum Gasteiger partial charge on any atom is -0.480 e. The van der Waals surface area contributed by atoms with Gasteiger partial charge in [-0.05, 0) is 40.8 Å². The van der Waals surface area contributed by atoms with Crippen molar-refractivity contribution in [3.8, 4) is 0 Å². The van der Waals surface area contributed by atoms with Crippen LogP contribution in [0.3, 0.4) is 0 Å². The van der Waals surface area contributed by atoms with Crippen molar-refractivity contribution in [2.24, 2.45) is 5.73 Å². The number of halogens is 1. The number of benzene rings is 1. The van der Waals surface area contributed by atoms with Gasteiger partial charge in [0.2, 0.25) is 5.91 Å². The Morgan fingerprint density at radius 1 is 1.28 bits per heavy atom. The number of amides is 2. The summed E-state index contributed by atoms with van der Waals surface area (Å²) in [5.41, 5.74) is 5.31. The molecule has 0 saturated carbocycles. The molecule has 0 aliphatic carbocycles. The molecule has 96 valence electrons. The number of primary amides is 1. The van der Waals surface area contributed by atoms with Gasteiger partial charge in [-0.1, -0.05) is 6.07 Å². The van der Waals surface area contributed by atoms with Crippen molar-refractivity contribution >= 4 is 40.4 Å². The van der Waals surface area contributed by atoms with Crippen LogP contribution >= 0.6 is 22.6 Å². The molecule has 6 nitrogen and oxygen atoms in total. The van der Waals surface area contributed by atoms with E-state index in [1.54, 1.807) is 24.3 Å². The molecule has 0 heterocycles. The maximum absolute atomic E-state index is 12.0. The quantitative estimate of drug-likeness (QED) is 0.736. The largest absolute Gasteiger partial charge is 0.480 e. The summed E-state index contributed by atoms with van der Waals surface area (Å²) in [5.74, 6) is -2.49. The number of carbonyl (C=O) groups excluding carboxylic acids is 2. The molecule has 2 amide bonds. The number of nitrogens with zero attached hydrogens (tertiary/aromatic N) is 1. The van der Waals surface area contributed by atoms with Crippen molar-refractivity contribution in [1.29, 1.82) is 0 Å². The second-order valence-electron chi connectivity index (χ2n) is 3.53. The molecule has 0 spiro atoms. The molecule has 1 aromatic carbocycles. The fraction of sp³-hybridized carbons (Fsp3) is 0.182. The Morgan fingerprint density at radius 3 is 2.44 bits per heavy atom. The van der Waals surface area contributed by atoms with Crippen molar-refractivity contribution in [2.45, 2.75) is 0 Å². The van der Waals surface area contributed by atoms with Crippen LogP contribution in [0.4, 0.5) is 0 Å². The van der Waals surface area contributed by atoms with E-state index in [4.69, 9.17) is 10.8 Å². The fourth-order valence-corrected chi connectivity index (χ4v) is 1.90. The number of aliphatic carboxylic acids is 1. The van der Waals surface area contributed by atoms with Crippen LogP contribution in [0.1, 0.15) is 10.4 Å². The number of nitrogens with two attached hydrogens (primary N) is 1. The Kier molecular flexibility index (Phi) is 5.08. The van der Waals surface area contributed by atoms with Crippen molar-refractivity contribution in [1.82, 2.24) is 4.90 Å². The summed E-state index contributed by atoms with van der Waals surface area (Å²) < 4.78 is 0.841. The van der Waals surface area contributed by atoms with Crippen LogP contribution in [-0.2, 0) is 9.59 Å². The van der Waals surface area contributed by atoms with Crippen molar-refractivity contribution < 1.29 is 19.5 Å². The predicted octanol–water partition coefficient (Wildman–Crippen LogP) is 0.303. The first kappa shape index (κ1) is 14.4. The van der Waals surface area contributed by atoms with E-state index in [9.17, 15) is 14.4 Å². The fourth-order valence-electron chi connectivity index (χ4n) is 1.35. The Morgan fingerprint density at radius 2 is 1.94 bits per heavy atom. The molecule has 7 heteroatoms. The van der Waals surface area contributed by atoms with E-state index >= 15 is 0 Å². The van der Waals surface area contributed by atoms with Gasteiger partial charge in [0.1, 0.15) is 13.1 Å². The van der Waals surface area contributed by atoms with Crippen molar-refractivity contribution in [3.63, 3.8) is 0 Å². The molecule has 0 aromatic heterocycles. The lowest BCUT2D eigenvalue weighted by atomic mass is 10.2. The molecule has 0 atom stereocenters. The van der Waals surface area contributed by atoms with Crippen molar-refractivity contribution in [2.75, 3.05) is 13.1 Å². The first-order valence-corrected chi connectivity index (χ1v) is 6.03. The van der Waals surface area contributed by atoms with Gasteiger partial charge in [-0.15, -0.1) is 0 Å². The van der Waals surface area contributed by atoms with Crippen LogP contribution in [0.2, 0.25) is 0 Å². The number of carboxylic acids is 1. The Labute approximate surface area is 117 Å².